The van der Waals surface area contributed by atoms with Gasteiger partial charge in [-0.15, -0.1) is 11.8 Å². The van der Waals surface area contributed by atoms with Crippen LogP contribution in [0.4, 0.5) is 0 Å². The van der Waals surface area contributed by atoms with Crippen LogP contribution in [0.3, 0.4) is 0 Å². The summed E-state index contributed by atoms with van der Waals surface area (Å²) in [7, 11) is 0. The van der Waals surface area contributed by atoms with Crippen LogP contribution in [0.25, 0.3) is 0 Å². The predicted molar refractivity (Wildman–Crippen MR) is 134 cm³/mol. The normalized spacial score (nSPS) is 16.8. The lowest BCUT2D eigenvalue weighted by Crippen LogP contribution is -2.05. The van der Waals surface area contributed by atoms with Gasteiger partial charge in [-0.3, -0.25) is 0 Å². The molecule has 1 unspecified atom stereocenters. The molecule has 1 fully saturated rings. The molecule has 0 amide bonds. The number of unbranched alkanes of at least 4 members (excludes halogenated alkanes) is 3. The third-order valence-corrected chi connectivity index (χ3v) is 5.79. The molecular formula is C26H40N2S. The van der Waals surface area contributed by atoms with Gasteiger partial charge >= 0.3 is 0 Å². The molecule has 0 aromatic carbocycles. The summed E-state index contributed by atoms with van der Waals surface area (Å²) in [4.78, 5) is 1.10. The molecule has 0 bridgehead atoms. The van der Waals surface area contributed by atoms with E-state index in [1.807, 2.05) is 30.1 Å². The fraction of sp³-hybridized carbons (Fsp3) is 0.462. The summed E-state index contributed by atoms with van der Waals surface area (Å²) < 4.78 is 0. The first-order valence-electron chi connectivity index (χ1n) is 10.9. The Hall–Kier alpha value is -1.87. The van der Waals surface area contributed by atoms with E-state index in [9.17, 15) is 0 Å². The molecule has 1 rings (SSSR count). The van der Waals surface area contributed by atoms with E-state index in [4.69, 9.17) is 5.73 Å². The Morgan fingerprint density at radius 1 is 1.14 bits per heavy atom. The number of hydrogen-bond donors (Lipinski definition) is 2. The lowest BCUT2D eigenvalue weighted by atomic mass is 10.1. The maximum absolute atomic E-state index is 5.55. The average Bonchev–Trinajstić information content (AvgIpc) is 3.53. The van der Waals surface area contributed by atoms with E-state index >= 15 is 0 Å². The van der Waals surface area contributed by atoms with Gasteiger partial charge in [-0.1, -0.05) is 83.1 Å². The number of thioether (sulfide) groups is 1. The van der Waals surface area contributed by atoms with E-state index < -0.39 is 0 Å². The molecule has 29 heavy (non-hydrogen) atoms. The van der Waals surface area contributed by atoms with Crippen LogP contribution >= 0.6 is 11.8 Å². The third kappa shape index (κ3) is 13.9. The molecule has 2 nitrogen and oxygen atoms in total. The Bertz CT molecular complexity index is 633. The highest BCUT2D eigenvalue weighted by atomic mass is 32.2. The molecule has 0 aromatic rings. The summed E-state index contributed by atoms with van der Waals surface area (Å²) in [5.74, 6) is 0.764. The van der Waals surface area contributed by atoms with Crippen molar-refractivity contribution in [3.8, 4) is 0 Å². The minimum atomic E-state index is 0.612. The Labute approximate surface area is 183 Å². The molecule has 0 saturated heterocycles. The largest absolute Gasteiger partial charge is 0.405 e. The van der Waals surface area contributed by atoms with Crippen molar-refractivity contribution in [1.29, 1.82) is 0 Å². The fourth-order valence-electron chi connectivity index (χ4n) is 2.77. The summed E-state index contributed by atoms with van der Waals surface area (Å²) in [5.41, 5.74) is 7.72. The molecular weight excluding hydrogens is 372 g/mol. The van der Waals surface area contributed by atoms with Gasteiger partial charge in [0.15, 0.2) is 0 Å². The maximum Gasteiger partial charge on any atom is 0.0334 e. The van der Waals surface area contributed by atoms with Crippen LogP contribution in [0.2, 0.25) is 0 Å². The molecule has 160 valence electrons. The van der Waals surface area contributed by atoms with Crippen molar-refractivity contribution in [3.63, 3.8) is 0 Å². The minimum absolute atomic E-state index is 0.612. The molecule has 0 heterocycles. The van der Waals surface area contributed by atoms with Crippen LogP contribution in [0.1, 0.15) is 58.8 Å². The Morgan fingerprint density at radius 2 is 1.93 bits per heavy atom. The number of rotatable bonds is 16. The van der Waals surface area contributed by atoms with Crippen LogP contribution in [0.5, 0.6) is 0 Å². The van der Waals surface area contributed by atoms with Gasteiger partial charge < -0.3 is 11.1 Å². The first-order valence-corrected chi connectivity index (χ1v) is 11.8. The van der Waals surface area contributed by atoms with Crippen molar-refractivity contribution in [2.45, 2.75) is 64.0 Å². The molecule has 1 aliphatic carbocycles. The van der Waals surface area contributed by atoms with Crippen molar-refractivity contribution in [2.75, 3.05) is 6.54 Å². The van der Waals surface area contributed by atoms with Crippen molar-refractivity contribution in [1.82, 2.24) is 5.32 Å². The number of allylic oxidation sites excluding steroid dienone is 8. The number of hydrogen-bond acceptors (Lipinski definition) is 3. The summed E-state index contributed by atoms with van der Waals surface area (Å²) in [5, 5.41) is 3.94. The van der Waals surface area contributed by atoms with Crippen LogP contribution in [0, 0.1) is 5.92 Å². The molecule has 3 heteroatoms. The third-order valence-electron chi connectivity index (χ3n) is 4.71. The molecule has 1 saturated carbocycles. The first-order chi connectivity index (χ1) is 14.1. The van der Waals surface area contributed by atoms with Crippen molar-refractivity contribution >= 4 is 11.8 Å². The second kappa shape index (κ2) is 16.0. The zero-order valence-electron chi connectivity index (χ0n) is 18.4. The van der Waals surface area contributed by atoms with E-state index in [1.165, 1.54) is 44.9 Å². The van der Waals surface area contributed by atoms with Crippen molar-refractivity contribution in [2.24, 2.45) is 11.7 Å². The van der Waals surface area contributed by atoms with Gasteiger partial charge in [0.25, 0.3) is 0 Å². The first kappa shape index (κ1) is 25.2. The predicted octanol–water partition coefficient (Wildman–Crippen LogP) is 7.17. The van der Waals surface area contributed by atoms with Crippen LogP contribution in [0.15, 0.2) is 84.1 Å². The zero-order chi connectivity index (χ0) is 21.3. The van der Waals surface area contributed by atoms with Crippen molar-refractivity contribution in [3.05, 3.63) is 84.1 Å². The number of nitrogens with one attached hydrogen (secondary N) is 1. The molecule has 3 N–H and O–H groups in total. The van der Waals surface area contributed by atoms with E-state index in [2.05, 4.69) is 62.7 Å². The van der Waals surface area contributed by atoms with E-state index in [1.54, 1.807) is 6.20 Å². The minimum Gasteiger partial charge on any atom is -0.405 e. The lowest BCUT2D eigenvalue weighted by molar-refractivity contribution is 0.631. The molecule has 0 spiro atoms. The highest BCUT2D eigenvalue weighted by molar-refractivity contribution is 8.03. The van der Waals surface area contributed by atoms with Crippen LogP contribution in [-0.4, -0.2) is 11.8 Å². The topological polar surface area (TPSA) is 38.0 Å². The van der Waals surface area contributed by atoms with Crippen molar-refractivity contribution < 1.29 is 0 Å². The standard InChI is InChI=1S/C26H40N2S/c1-5-7-8-9-10-22(3)29-23(4)11-12-24(6-2)21-28-20-18-26(17-19-27)16-15-25-13-14-25/h6,11-12,15-19,21-22,25,28H,2,4-5,7-10,13-14,20,27H2,1,3H3/b12-11+,16-15+,19-17-,24-21+,26-18-. The van der Waals surface area contributed by atoms with E-state index in [0.29, 0.717) is 5.25 Å². The fourth-order valence-corrected chi connectivity index (χ4v) is 3.72. The maximum atomic E-state index is 5.55. The molecule has 0 radical (unpaired) electrons. The summed E-state index contributed by atoms with van der Waals surface area (Å²) in [6, 6.07) is 0. The molecule has 0 aliphatic heterocycles. The van der Waals surface area contributed by atoms with Gasteiger partial charge in [-0.2, -0.15) is 0 Å². The summed E-state index contributed by atoms with van der Waals surface area (Å²) in [6.45, 7) is 13.4. The Morgan fingerprint density at radius 3 is 2.59 bits per heavy atom. The van der Waals surface area contributed by atoms with E-state index in [-0.39, 0.29) is 0 Å². The quantitative estimate of drug-likeness (QED) is 0.208. The van der Waals surface area contributed by atoms with Gasteiger partial charge in [-0.25, -0.2) is 0 Å². The highest BCUT2D eigenvalue weighted by Crippen LogP contribution is 2.30. The van der Waals surface area contributed by atoms with Gasteiger partial charge in [-0.05, 0) is 54.7 Å². The van der Waals surface area contributed by atoms with Gasteiger partial charge in [0.2, 0.25) is 0 Å². The second-order valence-corrected chi connectivity index (χ2v) is 9.16. The lowest BCUT2D eigenvalue weighted by Gasteiger charge is -2.10. The SMILES string of the molecule is C=CC(/C=C/C(=C)SC(C)CCCCCC)=C\NC/C=C(\C=C/N)/C=C/C1CC1. The van der Waals surface area contributed by atoms with Gasteiger partial charge in [0.05, 0.1) is 0 Å². The highest BCUT2D eigenvalue weighted by Gasteiger charge is 2.16. The number of nitrogens with two attached hydrogens (primary N) is 1. The Balaban J connectivity index is 2.41. The average molecular weight is 413 g/mol. The van der Waals surface area contributed by atoms with Crippen LogP contribution in [-0.2, 0) is 0 Å². The molecule has 1 aliphatic rings. The van der Waals surface area contributed by atoms with Crippen LogP contribution < -0.4 is 11.1 Å². The monoisotopic (exact) mass is 412 g/mol. The zero-order valence-corrected chi connectivity index (χ0v) is 19.2. The second-order valence-electron chi connectivity index (χ2n) is 7.59. The molecule has 0 aromatic heterocycles. The van der Waals surface area contributed by atoms with Gasteiger partial charge in [0.1, 0.15) is 0 Å². The molecule has 1 atom stereocenters. The summed E-state index contributed by atoms with van der Waals surface area (Å²) in [6.07, 6.45) is 27.2. The van der Waals surface area contributed by atoms with Gasteiger partial charge in [0, 0.05) is 22.9 Å². The summed E-state index contributed by atoms with van der Waals surface area (Å²) >= 11 is 1.86. The smallest absolute Gasteiger partial charge is 0.0334 e. The Kier molecular flexibility index (Phi) is 13.9. The van der Waals surface area contributed by atoms with E-state index in [0.717, 1.165) is 28.5 Å².